The van der Waals surface area contributed by atoms with Crippen molar-refractivity contribution in [2.24, 2.45) is 5.92 Å². The van der Waals surface area contributed by atoms with Gasteiger partial charge in [-0.05, 0) is 52.6 Å². The zero-order valence-corrected chi connectivity index (χ0v) is 23.1. The minimum absolute atomic E-state index is 0.139. The van der Waals surface area contributed by atoms with Gasteiger partial charge in [-0.3, -0.25) is 14.5 Å². The van der Waals surface area contributed by atoms with Crippen molar-refractivity contribution in [3.63, 3.8) is 0 Å². The summed E-state index contributed by atoms with van der Waals surface area (Å²) in [6.07, 6.45) is 2.26. The molecule has 0 aliphatic carbocycles. The molecule has 0 radical (unpaired) electrons. The minimum atomic E-state index is -0.964. The normalized spacial score (nSPS) is 11.9. The third-order valence-corrected chi connectivity index (χ3v) is 6.65. The number of aromatic nitrogens is 7. The molecule has 0 aliphatic heterocycles. The smallest absolute Gasteiger partial charge is 0.249 e. The summed E-state index contributed by atoms with van der Waals surface area (Å²) in [4.78, 5) is 29.6. The number of hydrogen-bond donors (Lipinski definition) is 1. The van der Waals surface area contributed by atoms with Gasteiger partial charge in [-0.1, -0.05) is 61.5 Å². The van der Waals surface area contributed by atoms with Gasteiger partial charge >= 0.3 is 0 Å². The first-order valence-corrected chi connectivity index (χ1v) is 13.3. The standard InChI is InChI=1S/C29H31N9O3/c1-20(2)15-16-30-29(40)28(21-9-5-4-6-10-21)38(27(39)18-36-24-12-8-7-11-23(24)32-34-36)22-13-14-25(26(17-22)41-3)37-19-31-33-35-37/h4-14,17,19-20,28H,15-16,18H2,1-3H3,(H,30,40)/t28-/m0/s1. The van der Waals surface area contributed by atoms with Crippen molar-refractivity contribution in [2.75, 3.05) is 18.6 Å². The molecule has 0 unspecified atom stereocenters. The molecular formula is C29H31N9O3. The van der Waals surface area contributed by atoms with Gasteiger partial charge < -0.3 is 10.1 Å². The highest BCUT2D eigenvalue weighted by Gasteiger charge is 2.33. The topological polar surface area (TPSA) is 133 Å². The average molecular weight is 554 g/mol. The first kappa shape index (κ1) is 27.4. The maximum atomic E-state index is 14.2. The summed E-state index contributed by atoms with van der Waals surface area (Å²) in [5, 5.41) is 22.8. The Bertz CT molecular complexity index is 1620. The summed E-state index contributed by atoms with van der Waals surface area (Å²) >= 11 is 0. The van der Waals surface area contributed by atoms with E-state index in [9.17, 15) is 9.59 Å². The maximum absolute atomic E-state index is 14.2. The highest BCUT2D eigenvalue weighted by atomic mass is 16.5. The Labute approximate surface area is 236 Å². The number of amides is 2. The molecule has 0 saturated heterocycles. The number of tetrazole rings is 1. The lowest BCUT2D eigenvalue weighted by atomic mass is 10.0. The van der Waals surface area contributed by atoms with Crippen LogP contribution in [0.5, 0.6) is 5.75 Å². The number of fused-ring (bicyclic) bond motifs is 1. The highest BCUT2D eigenvalue weighted by Crippen LogP contribution is 2.34. The van der Waals surface area contributed by atoms with Gasteiger partial charge in [-0.25, -0.2) is 4.68 Å². The van der Waals surface area contributed by atoms with Crippen LogP contribution in [0.4, 0.5) is 5.69 Å². The molecule has 0 spiro atoms. The first-order valence-electron chi connectivity index (χ1n) is 13.3. The molecule has 5 rings (SSSR count). The lowest BCUT2D eigenvalue weighted by Crippen LogP contribution is -2.45. The van der Waals surface area contributed by atoms with Crippen molar-refractivity contribution in [3.05, 3.63) is 84.7 Å². The molecule has 0 aliphatic rings. The van der Waals surface area contributed by atoms with E-state index >= 15 is 0 Å². The molecular weight excluding hydrogens is 522 g/mol. The number of nitrogens with one attached hydrogen (secondary N) is 1. The van der Waals surface area contributed by atoms with E-state index in [4.69, 9.17) is 4.74 Å². The summed E-state index contributed by atoms with van der Waals surface area (Å²) in [6, 6.07) is 20.9. The number of para-hydroxylation sites is 1. The number of nitrogens with zero attached hydrogens (tertiary/aromatic N) is 8. The predicted octanol–water partition coefficient (Wildman–Crippen LogP) is 3.35. The molecule has 12 heteroatoms. The highest BCUT2D eigenvalue weighted by molar-refractivity contribution is 6.01. The molecule has 0 fully saturated rings. The zero-order chi connectivity index (χ0) is 28.8. The summed E-state index contributed by atoms with van der Waals surface area (Å²) in [7, 11) is 1.52. The van der Waals surface area contributed by atoms with Gasteiger partial charge in [0.1, 0.15) is 35.9 Å². The second kappa shape index (κ2) is 12.4. The molecule has 2 aromatic heterocycles. The SMILES string of the molecule is COc1cc(N(C(=O)Cn2nnc3ccccc32)[C@H](C(=O)NCCC(C)C)c2ccccc2)ccc1-n1cnnn1. The van der Waals surface area contributed by atoms with E-state index < -0.39 is 6.04 Å². The number of carbonyl (C=O) groups is 2. The third-order valence-electron chi connectivity index (χ3n) is 6.65. The fourth-order valence-corrected chi connectivity index (χ4v) is 4.59. The summed E-state index contributed by atoms with van der Waals surface area (Å²) < 4.78 is 8.66. The molecule has 1 atom stereocenters. The van der Waals surface area contributed by atoms with Crippen molar-refractivity contribution >= 4 is 28.5 Å². The second-order valence-corrected chi connectivity index (χ2v) is 9.90. The van der Waals surface area contributed by atoms with Crippen LogP contribution in [0.2, 0.25) is 0 Å². The average Bonchev–Trinajstić information content (AvgIpc) is 3.66. The third kappa shape index (κ3) is 6.06. The lowest BCUT2D eigenvalue weighted by molar-refractivity contribution is -0.127. The van der Waals surface area contributed by atoms with Gasteiger partial charge in [-0.15, -0.1) is 10.2 Å². The van der Waals surface area contributed by atoms with Crippen LogP contribution in [0.1, 0.15) is 31.9 Å². The molecule has 0 bridgehead atoms. The molecule has 210 valence electrons. The summed E-state index contributed by atoms with van der Waals surface area (Å²) in [5.74, 6) is 0.181. The maximum Gasteiger partial charge on any atom is 0.249 e. The van der Waals surface area contributed by atoms with E-state index in [1.54, 1.807) is 18.2 Å². The Morgan fingerprint density at radius 3 is 2.51 bits per heavy atom. The Morgan fingerprint density at radius 1 is 1.00 bits per heavy atom. The van der Waals surface area contributed by atoms with Gasteiger partial charge in [-0.2, -0.15) is 4.68 Å². The minimum Gasteiger partial charge on any atom is -0.494 e. The molecule has 2 heterocycles. The molecule has 41 heavy (non-hydrogen) atoms. The van der Waals surface area contributed by atoms with Crippen LogP contribution >= 0.6 is 0 Å². The van der Waals surface area contributed by atoms with E-state index in [0.29, 0.717) is 46.2 Å². The van der Waals surface area contributed by atoms with E-state index in [-0.39, 0.29) is 18.4 Å². The van der Waals surface area contributed by atoms with Crippen LogP contribution in [0.25, 0.3) is 16.7 Å². The first-order chi connectivity index (χ1) is 20.0. The monoisotopic (exact) mass is 553 g/mol. The molecule has 3 aromatic carbocycles. The van der Waals surface area contributed by atoms with E-state index in [1.165, 1.54) is 27.7 Å². The molecule has 2 amide bonds. The molecule has 1 N–H and O–H groups in total. The number of carbonyl (C=O) groups excluding carboxylic acids is 2. The summed E-state index contributed by atoms with van der Waals surface area (Å²) in [6.45, 7) is 4.53. The largest absolute Gasteiger partial charge is 0.494 e. The second-order valence-electron chi connectivity index (χ2n) is 9.90. The Hall–Kier alpha value is -5.13. The number of benzene rings is 3. The number of rotatable bonds is 11. The van der Waals surface area contributed by atoms with E-state index in [0.717, 1.165) is 6.42 Å². The van der Waals surface area contributed by atoms with Crippen LogP contribution in [0.3, 0.4) is 0 Å². The van der Waals surface area contributed by atoms with Crippen molar-refractivity contribution < 1.29 is 14.3 Å². The number of hydrogen-bond acceptors (Lipinski definition) is 8. The Morgan fingerprint density at radius 2 is 1.78 bits per heavy atom. The van der Waals surface area contributed by atoms with E-state index in [1.807, 2.05) is 54.6 Å². The summed E-state index contributed by atoms with van der Waals surface area (Å²) in [5.41, 5.74) is 3.08. The lowest BCUT2D eigenvalue weighted by Gasteiger charge is -2.32. The molecule has 5 aromatic rings. The van der Waals surface area contributed by atoms with Gasteiger partial charge in [0.05, 0.1) is 12.6 Å². The van der Waals surface area contributed by atoms with Gasteiger partial charge in [0, 0.05) is 18.3 Å². The fourth-order valence-electron chi connectivity index (χ4n) is 4.59. The van der Waals surface area contributed by atoms with Crippen molar-refractivity contribution in [3.8, 4) is 11.4 Å². The van der Waals surface area contributed by atoms with Crippen molar-refractivity contribution in [2.45, 2.75) is 32.9 Å². The zero-order valence-electron chi connectivity index (χ0n) is 23.1. The van der Waals surface area contributed by atoms with E-state index in [2.05, 4.69) is 45.0 Å². The number of ether oxygens (including phenoxy) is 1. The van der Waals surface area contributed by atoms with Crippen molar-refractivity contribution in [1.82, 2.24) is 40.5 Å². The number of anilines is 1. The molecule has 0 saturated carbocycles. The molecule has 12 nitrogen and oxygen atoms in total. The van der Waals surface area contributed by atoms with Crippen LogP contribution in [0, 0.1) is 5.92 Å². The number of methoxy groups -OCH3 is 1. The van der Waals surface area contributed by atoms with Crippen LogP contribution in [-0.4, -0.2) is 60.7 Å². The van der Waals surface area contributed by atoms with Gasteiger partial charge in [0.15, 0.2) is 0 Å². The van der Waals surface area contributed by atoms with Crippen LogP contribution in [0.15, 0.2) is 79.1 Å². The van der Waals surface area contributed by atoms with Crippen molar-refractivity contribution in [1.29, 1.82) is 0 Å². The fraction of sp³-hybridized carbons (Fsp3) is 0.276. The van der Waals surface area contributed by atoms with Crippen LogP contribution in [-0.2, 0) is 16.1 Å². The Kier molecular flexibility index (Phi) is 8.28. The van der Waals surface area contributed by atoms with Gasteiger partial charge in [0.2, 0.25) is 11.8 Å². The Balaban J connectivity index is 1.60. The van der Waals surface area contributed by atoms with Gasteiger partial charge in [0.25, 0.3) is 0 Å². The van der Waals surface area contributed by atoms with Crippen LogP contribution < -0.4 is 15.0 Å². The quantitative estimate of drug-likeness (QED) is 0.263. The predicted molar refractivity (Wildman–Crippen MR) is 152 cm³/mol.